The van der Waals surface area contributed by atoms with Gasteiger partial charge in [0, 0.05) is 89.3 Å². The first-order valence-corrected chi connectivity index (χ1v) is 25.4. The summed E-state index contributed by atoms with van der Waals surface area (Å²) in [6.45, 7) is 15.5. The number of benzene rings is 2. The van der Waals surface area contributed by atoms with Gasteiger partial charge in [-0.2, -0.15) is 0 Å². The quantitative estimate of drug-likeness (QED) is 0.0972. The first kappa shape index (κ1) is 47.6. The van der Waals surface area contributed by atoms with Gasteiger partial charge in [0.25, 0.3) is 5.91 Å². The number of halogens is 2. The topological polar surface area (TPSA) is 168 Å². The van der Waals surface area contributed by atoms with Crippen molar-refractivity contribution in [2.75, 3.05) is 52.9 Å². The van der Waals surface area contributed by atoms with E-state index in [1.807, 2.05) is 78.4 Å². The molecule has 4 aromatic heterocycles. The third-order valence-electron chi connectivity index (χ3n) is 13.0. The molecule has 2 unspecified atom stereocenters. The Morgan fingerprint density at radius 3 is 1.78 bits per heavy atom. The summed E-state index contributed by atoms with van der Waals surface area (Å²) in [5, 5.41) is 26.9. The van der Waals surface area contributed by atoms with Gasteiger partial charge in [0.05, 0.1) is 22.7 Å². The molecule has 15 nitrogen and oxygen atoms in total. The molecule has 9 rings (SSSR count). The maximum atomic E-state index is 14.1. The highest BCUT2D eigenvalue weighted by Gasteiger charge is 2.35. The van der Waals surface area contributed by atoms with Gasteiger partial charge in [-0.05, 0) is 96.4 Å². The molecule has 0 saturated carbocycles. The molecule has 1 fully saturated rings. The Kier molecular flexibility index (Phi) is 14.2. The number of thiophene rings is 2. The first-order valence-electron chi connectivity index (χ1n) is 23.0. The predicted octanol–water partition coefficient (Wildman–Crippen LogP) is 7.92. The number of nitrogens with zero attached hydrogens (tertiary/aromatic N) is 10. The number of nitrogens with one attached hydrogen (secondary N) is 2. The Hall–Kier alpha value is -5.43. The second-order valence-corrected chi connectivity index (χ2v) is 20.8. The second-order valence-electron chi connectivity index (χ2n) is 17.7. The normalized spacial score (nSPS) is 17.0. The van der Waals surface area contributed by atoms with Gasteiger partial charge in [0.1, 0.15) is 39.5 Å². The Morgan fingerprint density at radius 2 is 1.19 bits per heavy atom. The van der Waals surface area contributed by atoms with Crippen molar-refractivity contribution in [1.29, 1.82) is 0 Å². The van der Waals surface area contributed by atoms with Crippen molar-refractivity contribution in [2.45, 2.75) is 78.8 Å². The van der Waals surface area contributed by atoms with Crippen LogP contribution in [0.25, 0.3) is 10.0 Å². The average molecular weight is 994 g/mol. The molecule has 68 heavy (non-hydrogen) atoms. The van der Waals surface area contributed by atoms with Gasteiger partial charge in [-0.15, -0.1) is 43.1 Å². The number of fused-ring (bicyclic) bond motifs is 6. The highest BCUT2D eigenvalue weighted by Crippen LogP contribution is 2.42. The van der Waals surface area contributed by atoms with Gasteiger partial charge in [-0.1, -0.05) is 47.5 Å². The van der Waals surface area contributed by atoms with E-state index in [9.17, 15) is 14.4 Å². The van der Waals surface area contributed by atoms with Gasteiger partial charge in [0.2, 0.25) is 5.91 Å². The van der Waals surface area contributed by atoms with E-state index in [1.165, 1.54) is 11.3 Å². The maximum absolute atomic E-state index is 14.1. The van der Waals surface area contributed by atoms with Crippen molar-refractivity contribution in [1.82, 2.24) is 50.0 Å². The van der Waals surface area contributed by atoms with Gasteiger partial charge >= 0.3 is 0 Å². The predicted molar refractivity (Wildman–Crippen MR) is 269 cm³/mol. The first-order chi connectivity index (χ1) is 32.7. The van der Waals surface area contributed by atoms with Gasteiger partial charge in [-0.3, -0.25) is 33.5 Å². The number of ketones is 1. The van der Waals surface area contributed by atoms with E-state index in [0.29, 0.717) is 50.4 Å². The van der Waals surface area contributed by atoms with Crippen molar-refractivity contribution in [3.63, 3.8) is 0 Å². The second kappa shape index (κ2) is 20.3. The van der Waals surface area contributed by atoms with Crippen LogP contribution in [0.4, 0.5) is 0 Å². The number of Topliss-reactive ketones (excluding diaryl/α,β-unsaturated/α-hetero) is 1. The molecule has 3 aliphatic heterocycles. The van der Waals surface area contributed by atoms with Crippen LogP contribution in [0.1, 0.15) is 115 Å². The zero-order valence-electron chi connectivity index (χ0n) is 39.0. The molecule has 6 aromatic rings. The molecular formula is C49H54Cl2N12O3S2. The average Bonchev–Trinajstić information content (AvgIpc) is 4.03. The summed E-state index contributed by atoms with van der Waals surface area (Å²) in [6.07, 6.45) is 2.44. The maximum Gasteiger partial charge on any atom is 0.261 e. The third kappa shape index (κ3) is 9.74. The highest BCUT2D eigenvalue weighted by molar-refractivity contribution is 7.17. The number of piperazine rings is 1. The zero-order valence-corrected chi connectivity index (χ0v) is 42.2. The lowest BCUT2D eigenvalue weighted by Crippen LogP contribution is -2.44. The molecule has 3 aliphatic rings. The summed E-state index contributed by atoms with van der Waals surface area (Å²) in [5.41, 5.74) is 6.71. The minimum absolute atomic E-state index is 0.0177. The van der Waals surface area contributed by atoms with Crippen molar-refractivity contribution in [3.8, 4) is 10.0 Å². The summed E-state index contributed by atoms with van der Waals surface area (Å²) >= 11 is 15.6. The van der Waals surface area contributed by atoms with Crippen LogP contribution in [0.3, 0.4) is 0 Å². The fourth-order valence-electron chi connectivity index (χ4n) is 9.12. The largest absolute Gasteiger partial charge is 0.354 e. The number of likely N-dealkylation sites (N-methyl/N-ethyl adjacent to an activating group) is 1. The molecule has 0 bridgehead atoms. The van der Waals surface area contributed by atoms with Gasteiger partial charge in [0.15, 0.2) is 11.6 Å². The van der Waals surface area contributed by atoms with Crippen LogP contribution in [0.2, 0.25) is 10.0 Å². The van der Waals surface area contributed by atoms with Crippen LogP contribution in [-0.2, 0) is 9.59 Å². The number of carbonyl (C=O) groups is 3. The molecule has 7 heterocycles. The summed E-state index contributed by atoms with van der Waals surface area (Å²) < 4.78 is 3.96. The molecule has 2 atom stereocenters. The van der Waals surface area contributed by atoms with E-state index in [0.717, 1.165) is 99.5 Å². The van der Waals surface area contributed by atoms with E-state index in [1.54, 1.807) is 11.3 Å². The number of carbonyl (C=O) groups excluding carboxylic acids is 3. The SMILES string of the molecule is Cc1sc2c(c1C)C(c1ccc(Cl)cc1)=NC(CC(=O)NCCNC(=O)c1sc3c(c1C)C(c1ccc(Cl)cc1)=NC(CC(=O)CCCCN1CCN(C)CC1)c1nnc(C)n1-3)c1nnc(C)n1-2. The van der Waals surface area contributed by atoms with E-state index in [2.05, 4.69) is 61.7 Å². The minimum Gasteiger partial charge on any atom is -0.354 e. The lowest BCUT2D eigenvalue weighted by atomic mass is 9.99. The van der Waals surface area contributed by atoms with Crippen LogP contribution in [-0.4, -0.2) is 121 Å². The number of hydrogen-bond donors (Lipinski definition) is 2. The molecule has 0 radical (unpaired) electrons. The summed E-state index contributed by atoms with van der Waals surface area (Å²) in [6, 6.07) is 13.8. The molecule has 0 spiro atoms. The van der Waals surface area contributed by atoms with Crippen molar-refractivity contribution in [3.05, 3.63) is 125 Å². The third-order valence-corrected chi connectivity index (χ3v) is 16.0. The minimum atomic E-state index is -0.627. The van der Waals surface area contributed by atoms with Crippen molar-refractivity contribution in [2.24, 2.45) is 9.98 Å². The lowest BCUT2D eigenvalue weighted by Gasteiger charge is -2.32. The molecule has 2 aromatic carbocycles. The van der Waals surface area contributed by atoms with E-state index >= 15 is 0 Å². The molecule has 2 N–H and O–H groups in total. The lowest BCUT2D eigenvalue weighted by molar-refractivity contribution is -0.121. The van der Waals surface area contributed by atoms with E-state index in [4.69, 9.17) is 33.2 Å². The van der Waals surface area contributed by atoms with Crippen LogP contribution in [0.5, 0.6) is 0 Å². The fourth-order valence-corrected chi connectivity index (χ4v) is 11.9. The fraction of sp³-hybridized carbons (Fsp3) is 0.408. The molecule has 2 amide bonds. The number of aromatic nitrogens is 6. The van der Waals surface area contributed by atoms with Crippen LogP contribution in [0, 0.1) is 34.6 Å². The number of aryl methyl sites for hydroxylation is 3. The van der Waals surface area contributed by atoms with Gasteiger partial charge in [-0.25, -0.2) is 0 Å². The standard InChI is InChI=1S/C49H54Cl2N12O3S2/c1-27-29(3)67-48-40(27)42(32-10-14-34(50)15-11-32)55-38(46-59-56-30(4)62(46)48)26-39(65)52-18-19-53-47(66)44-28(2)41-43(33-12-16-35(51)17-13-33)54-37(45-58-57-31(5)63(45)49(41)68-44)25-36(64)9-7-8-20-61-23-21-60(6)22-24-61/h10-17,37-38H,7-9,18-26H2,1-6H3,(H,52,65)(H,53,66). The number of unbranched alkanes of at least 4 members (excludes halogenated alkanes) is 1. The molecule has 0 aliphatic carbocycles. The summed E-state index contributed by atoms with van der Waals surface area (Å²) in [7, 11) is 2.15. The molecular weight excluding hydrogens is 940 g/mol. The van der Waals surface area contributed by atoms with Crippen LogP contribution >= 0.6 is 45.9 Å². The Balaban J connectivity index is 0.900. The molecule has 354 valence electrons. The number of aliphatic imine (C=N–C) groups is 2. The molecule has 1 saturated heterocycles. The monoisotopic (exact) mass is 992 g/mol. The van der Waals surface area contributed by atoms with Crippen molar-refractivity contribution >= 4 is 74.9 Å². The Labute approximate surface area is 413 Å². The van der Waals surface area contributed by atoms with Crippen LogP contribution in [0.15, 0.2) is 58.5 Å². The Morgan fingerprint density at radius 1 is 0.662 bits per heavy atom. The molecule has 19 heteroatoms. The van der Waals surface area contributed by atoms with Crippen molar-refractivity contribution < 1.29 is 14.4 Å². The zero-order chi connectivity index (χ0) is 47.8. The van der Waals surface area contributed by atoms with Crippen LogP contribution < -0.4 is 10.6 Å². The Bertz CT molecular complexity index is 2940. The van der Waals surface area contributed by atoms with E-state index in [-0.39, 0.29) is 43.5 Å². The number of hydrogen-bond acceptors (Lipinski definition) is 13. The van der Waals surface area contributed by atoms with Gasteiger partial charge < -0.3 is 20.4 Å². The van der Waals surface area contributed by atoms with E-state index < -0.39 is 12.1 Å². The smallest absolute Gasteiger partial charge is 0.261 e. The summed E-state index contributed by atoms with van der Waals surface area (Å²) in [4.78, 5) is 58.4. The highest BCUT2D eigenvalue weighted by atomic mass is 35.5. The summed E-state index contributed by atoms with van der Waals surface area (Å²) in [5.74, 6) is 2.07. The number of rotatable bonds is 15. The number of amides is 2.